The molecule has 3 N–H and O–H groups in total. The van der Waals surface area contributed by atoms with Crippen molar-refractivity contribution in [3.8, 4) is 17.2 Å². The molecule has 0 aromatic heterocycles. The van der Waals surface area contributed by atoms with Crippen LogP contribution in [0.2, 0.25) is 0 Å². The molecule has 0 heterocycles. The third-order valence-electron chi connectivity index (χ3n) is 5.29. The number of rotatable bonds is 7. The summed E-state index contributed by atoms with van der Waals surface area (Å²) >= 11 is 0. The molecule has 0 bridgehead atoms. The zero-order valence-corrected chi connectivity index (χ0v) is 16.5. The number of aliphatic hydroxyl groups excluding tert-OH is 1. The largest absolute Gasteiger partial charge is 0.497 e. The van der Waals surface area contributed by atoms with Crippen molar-refractivity contribution >= 4 is 0 Å². The lowest BCUT2D eigenvalue weighted by molar-refractivity contribution is 0.115. The molecule has 4 heteroatoms. The summed E-state index contributed by atoms with van der Waals surface area (Å²) in [5.41, 5.74) is 7.20. The predicted molar refractivity (Wildman–Crippen MR) is 108 cm³/mol. The Morgan fingerprint density at radius 2 is 1.52 bits per heavy atom. The first kappa shape index (κ1) is 19.7. The zero-order chi connectivity index (χ0) is 19.4. The molecule has 1 fully saturated rings. The minimum absolute atomic E-state index is 0.221. The van der Waals surface area contributed by atoms with Crippen LogP contribution in [0.1, 0.15) is 38.7 Å². The first-order valence-electron chi connectivity index (χ1n) is 9.70. The first-order valence-corrected chi connectivity index (χ1v) is 9.70. The molecule has 1 aliphatic rings. The number of hydrogen-bond acceptors (Lipinski definition) is 4. The summed E-state index contributed by atoms with van der Waals surface area (Å²) < 4.78 is 11.0. The third-order valence-corrected chi connectivity index (χ3v) is 5.29. The van der Waals surface area contributed by atoms with Crippen LogP contribution in [0, 0.1) is 11.8 Å². The van der Waals surface area contributed by atoms with E-state index in [1.54, 1.807) is 7.11 Å². The molecule has 3 rings (SSSR count). The van der Waals surface area contributed by atoms with Gasteiger partial charge >= 0.3 is 0 Å². The lowest BCUT2D eigenvalue weighted by Crippen LogP contribution is -2.36. The average molecular weight is 370 g/mol. The number of ether oxygens (including phenoxy) is 2. The van der Waals surface area contributed by atoms with Gasteiger partial charge in [-0.1, -0.05) is 12.1 Å². The highest BCUT2D eigenvalue weighted by Gasteiger charge is 2.35. The van der Waals surface area contributed by atoms with E-state index in [0.717, 1.165) is 42.9 Å². The van der Waals surface area contributed by atoms with Gasteiger partial charge < -0.3 is 20.3 Å². The number of nitrogens with two attached hydrogens (primary N) is 1. The van der Waals surface area contributed by atoms with Gasteiger partial charge in [-0.25, -0.2) is 0 Å². The molecule has 2 aromatic carbocycles. The van der Waals surface area contributed by atoms with E-state index in [2.05, 4.69) is 12.1 Å². The van der Waals surface area contributed by atoms with Gasteiger partial charge in [-0.3, -0.25) is 0 Å². The van der Waals surface area contributed by atoms with Crippen molar-refractivity contribution in [1.82, 2.24) is 0 Å². The summed E-state index contributed by atoms with van der Waals surface area (Å²) in [5.74, 6) is 3.24. The van der Waals surface area contributed by atoms with E-state index in [0.29, 0.717) is 11.8 Å². The molecule has 3 unspecified atom stereocenters. The maximum atomic E-state index is 10.4. The number of methoxy groups -OCH3 is 1. The van der Waals surface area contributed by atoms with E-state index < -0.39 is 0 Å². The highest BCUT2D eigenvalue weighted by Crippen LogP contribution is 2.37. The summed E-state index contributed by atoms with van der Waals surface area (Å²) in [4.78, 5) is 0. The van der Waals surface area contributed by atoms with Gasteiger partial charge in [0.1, 0.15) is 17.2 Å². The molecule has 4 nitrogen and oxygen atoms in total. The Morgan fingerprint density at radius 3 is 2.07 bits per heavy atom. The Balaban J connectivity index is 1.54. The van der Waals surface area contributed by atoms with Gasteiger partial charge in [0.05, 0.1) is 13.2 Å². The van der Waals surface area contributed by atoms with Gasteiger partial charge in [-0.05, 0) is 93.3 Å². The van der Waals surface area contributed by atoms with Crippen LogP contribution in [-0.4, -0.2) is 23.9 Å². The molecule has 0 saturated heterocycles. The maximum Gasteiger partial charge on any atom is 0.127 e. The van der Waals surface area contributed by atoms with E-state index in [-0.39, 0.29) is 11.6 Å². The average Bonchev–Trinajstić information content (AvgIpc) is 2.94. The van der Waals surface area contributed by atoms with E-state index in [4.69, 9.17) is 15.2 Å². The molecule has 27 heavy (non-hydrogen) atoms. The molecule has 0 spiro atoms. The van der Waals surface area contributed by atoms with Crippen molar-refractivity contribution in [2.75, 3.05) is 7.11 Å². The van der Waals surface area contributed by atoms with Crippen LogP contribution >= 0.6 is 0 Å². The molecule has 0 aliphatic heterocycles. The number of hydrogen-bond donors (Lipinski definition) is 2. The van der Waals surface area contributed by atoms with Crippen molar-refractivity contribution in [2.24, 2.45) is 17.6 Å². The van der Waals surface area contributed by atoms with Crippen LogP contribution in [0.15, 0.2) is 48.5 Å². The van der Waals surface area contributed by atoms with E-state index in [1.165, 1.54) is 5.56 Å². The lowest BCUT2D eigenvalue weighted by atomic mass is 9.88. The molecule has 2 aromatic rings. The first-order chi connectivity index (χ1) is 12.8. The van der Waals surface area contributed by atoms with E-state index in [9.17, 15) is 5.11 Å². The molecular weight excluding hydrogens is 338 g/mol. The Bertz CT molecular complexity index is 719. The third kappa shape index (κ3) is 5.72. The van der Waals surface area contributed by atoms with Crippen LogP contribution in [0.4, 0.5) is 0 Å². The molecule has 0 amide bonds. The second-order valence-electron chi connectivity index (χ2n) is 8.48. The molecule has 3 atom stereocenters. The summed E-state index contributed by atoms with van der Waals surface area (Å²) in [6, 6.07) is 15.8. The van der Waals surface area contributed by atoms with Crippen molar-refractivity contribution in [2.45, 2.75) is 51.2 Å². The molecule has 1 saturated carbocycles. The quantitative estimate of drug-likeness (QED) is 0.752. The van der Waals surface area contributed by atoms with E-state index in [1.807, 2.05) is 50.2 Å². The predicted octanol–water partition coefficient (Wildman–Crippen LogP) is 4.54. The van der Waals surface area contributed by atoms with Gasteiger partial charge in [0.25, 0.3) is 0 Å². The normalized spacial score (nSPS) is 22.6. The SMILES string of the molecule is COc1ccc(Oc2ccc(CC3CC(O)C(CC(C)(C)N)C3)cc2)cc1. The molecular formula is C23H31NO3. The van der Waals surface area contributed by atoms with Gasteiger partial charge in [-0.2, -0.15) is 0 Å². The fraction of sp³-hybridized carbons (Fsp3) is 0.478. The lowest BCUT2D eigenvalue weighted by Gasteiger charge is -2.25. The molecule has 1 aliphatic carbocycles. The van der Waals surface area contributed by atoms with Gasteiger partial charge in [0, 0.05) is 5.54 Å². The topological polar surface area (TPSA) is 64.7 Å². The second-order valence-corrected chi connectivity index (χ2v) is 8.48. The van der Waals surface area contributed by atoms with Gasteiger partial charge in [0.15, 0.2) is 0 Å². The minimum Gasteiger partial charge on any atom is -0.497 e. The summed E-state index contributed by atoms with van der Waals surface area (Å²) in [5, 5.41) is 10.4. The summed E-state index contributed by atoms with van der Waals surface area (Å²) in [6.07, 6.45) is 3.55. The highest BCUT2D eigenvalue weighted by molar-refractivity contribution is 5.36. The zero-order valence-electron chi connectivity index (χ0n) is 16.5. The minimum atomic E-state index is -0.226. The highest BCUT2D eigenvalue weighted by atomic mass is 16.5. The smallest absolute Gasteiger partial charge is 0.127 e. The Hall–Kier alpha value is -2.04. The van der Waals surface area contributed by atoms with Crippen molar-refractivity contribution in [3.63, 3.8) is 0 Å². The Labute approximate surface area is 162 Å². The van der Waals surface area contributed by atoms with Crippen molar-refractivity contribution < 1.29 is 14.6 Å². The standard InChI is InChI=1S/C23H31NO3/c1-23(2,24)15-18-13-17(14-22(18)25)12-16-4-6-20(7-5-16)27-21-10-8-19(26-3)9-11-21/h4-11,17-18,22,25H,12-15,24H2,1-3H3. The van der Waals surface area contributed by atoms with Crippen LogP contribution in [-0.2, 0) is 6.42 Å². The Kier molecular flexibility index (Phi) is 6.08. The summed E-state index contributed by atoms with van der Waals surface area (Å²) in [6.45, 7) is 4.07. The van der Waals surface area contributed by atoms with Crippen molar-refractivity contribution in [3.05, 3.63) is 54.1 Å². The van der Waals surface area contributed by atoms with Crippen molar-refractivity contribution in [1.29, 1.82) is 0 Å². The second kappa shape index (κ2) is 8.32. The summed E-state index contributed by atoms with van der Waals surface area (Å²) in [7, 11) is 1.65. The van der Waals surface area contributed by atoms with Gasteiger partial charge in [0.2, 0.25) is 0 Å². The molecule has 0 radical (unpaired) electrons. The van der Waals surface area contributed by atoms with Crippen LogP contribution in [0.5, 0.6) is 17.2 Å². The van der Waals surface area contributed by atoms with Crippen LogP contribution in [0.25, 0.3) is 0 Å². The fourth-order valence-electron chi connectivity index (χ4n) is 4.08. The van der Waals surface area contributed by atoms with Crippen LogP contribution < -0.4 is 15.2 Å². The van der Waals surface area contributed by atoms with Gasteiger partial charge in [-0.15, -0.1) is 0 Å². The van der Waals surface area contributed by atoms with E-state index >= 15 is 0 Å². The van der Waals surface area contributed by atoms with Crippen LogP contribution in [0.3, 0.4) is 0 Å². The number of benzene rings is 2. The fourth-order valence-corrected chi connectivity index (χ4v) is 4.08. The Morgan fingerprint density at radius 1 is 0.963 bits per heavy atom. The molecule has 146 valence electrons. The maximum absolute atomic E-state index is 10.4. The monoisotopic (exact) mass is 369 g/mol. The number of aliphatic hydroxyl groups is 1.